The molecule has 0 spiro atoms. The molecule has 0 aliphatic rings. The Balaban J connectivity index is 0. The normalized spacial score (nSPS) is 15.9. The van der Waals surface area contributed by atoms with Gasteiger partial charge in [-0.3, -0.25) is 0 Å². The summed E-state index contributed by atoms with van der Waals surface area (Å²) in [5.41, 5.74) is 0. The maximum atomic E-state index is 13.4. The monoisotopic (exact) mass is 580 g/mol. The van der Waals surface area contributed by atoms with E-state index in [1.807, 2.05) is 0 Å². The van der Waals surface area contributed by atoms with Crippen LogP contribution in [-0.2, 0) is 10.1 Å². The molecule has 0 bridgehead atoms. The van der Waals surface area contributed by atoms with Crippen molar-refractivity contribution in [2.24, 2.45) is 0 Å². The zero-order valence-corrected chi connectivity index (χ0v) is 19.1. The molecular weight excluding hydrogens is 574 g/mol. The average Bonchev–Trinajstić information content (AvgIpc) is 2.50. The number of rotatable bonds is 10. The Kier molecular flexibility index (Phi) is 10.4. The quantitative estimate of drug-likeness (QED) is 0.227. The van der Waals surface area contributed by atoms with Crippen LogP contribution in [0.25, 0.3) is 0 Å². The van der Waals surface area contributed by atoms with E-state index in [1.165, 1.54) is 0 Å². The zero-order valence-electron chi connectivity index (χ0n) is 15.2. The molecule has 194 valence electrons. The molecule has 33 heavy (non-hydrogen) atoms. The second kappa shape index (κ2) is 9.67. The summed E-state index contributed by atoms with van der Waals surface area (Å²) in [5.74, 6) is -48.7. The van der Waals surface area contributed by atoms with Gasteiger partial charge in [0.2, 0.25) is 0 Å². The number of hydrogen-bond donors (Lipinski definition) is 0. The van der Waals surface area contributed by atoms with E-state index in [2.05, 4.69) is 0 Å². The van der Waals surface area contributed by atoms with Crippen molar-refractivity contribution < 1.29 is 139 Å². The van der Waals surface area contributed by atoms with Crippen LogP contribution >= 0.6 is 0 Å². The van der Waals surface area contributed by atoms with Gasteiger partial charge in [0.25, 0.3) is 0 Å². The van der Waals surface area contributed by atoms with Crippen LogP contribution in [0.4, 0.5) is 74.6 Å². The van der Waals surface area contributed by atoms with Crippen molar-refractivity contribution in [1.82, 2.24) is 0 Å². The standard InChI is InChI=1S/C11H7F17O3S.K/c12-4(13,2-1-3-5(14,15)16)6(17,18)7(19,20)8(21,22)9(23,24)10(25,26)11(27,28)32(29,30)31;/h1-3H2,(H,29,30,31);/q;+1/p-1. The summed E-state index contributed by atoms with van der Waals surface area (Å²) >= 11 is 0. The average molecular weight is 580 g/mol. The molecule has 0 fully saturated rings. The molecule has 0 saturated carbocycles. The van der Waals surface area contributed by atoms with Gasteiger partial charge < -0.3 is 4.55 Å². The third kappa shape index (κ3) is 5.86. The van der Waals surface area contributed by atoms with Gasteiger partial charge in [-0.25, -0.2) is 8.42 Å². The van der Waals surface area contributed by atoms with E-state index >= 15 is 0 Å². The number of alkyl halides is 17. The van der Waals surface area contributed by atoms with E-state index in [-0.39, 0.29) is 51.4 Å². The van der Waals surface area contributed by atoms with Gasteiger partial charge in [-0.1, -0.05) is 0 Å². The number of hydrogen-bond acceptors (Lipinski definition) is 3. The predicted octanol–water partition coefficient (Wildman–Crippen LogP) is 2.67. The summed E-state index contributed by atoms with van der Waals surface area (Å²) in [6.07, 6.45) is -13.1. The summed E-state index contributed by atoms with van der Waals surface area (Å²) in [4.78, 5) is 0. The molecule has 0 heterocycles. The zero-order chi connectivity index (χ0) is 26.6. The van der Waals surface area contributed by atoms with Crippen LogP contribution in [0.2, 0.25) is 0 Å². The molecule has 22 heteroatoms. The predicted molar refractivity (Wildman–Crippen MR) is 64.2 cm³/mol. The van der Waals surface area contributed by atoms with Crippen molar-refractivity contribution in [3.63, 3.8) is 0 Å². The third-order valence-electron chi connectivity index (χ3n) is 3.67. The van der Waals surface area contributed by atoms with Gasteiger partial charge in [-0.2, -0.15) is 74.6 Å². The first-order valence-electron chi connectivity index (χ1n) is 7.12. The molecule has 0 radical (unpaired) electrons. The molecule has 0 aliphatic heterocycles. The first-order valence-corrected chi connectivity index (χ1v) is 8.53. The Morgan fingerprint density at radius 1 is 0.515 bits per heavy atom. The minimum Gasteiger partial charge on any atom is -0.743 e. The molecule has 3 nitrogen and oxygen atoms in total. The number of halogens is 17. The van der Waals surface area contributed by atoms with Crippen LogP contribution in [-0.4, -0.2) is 59.9 Å². The van der Waals surface area contributed by atoms with Crippen molar-refractivity contribution in [2.75, 3.05) is 0 Å². The molecule has 0 atom stereocenters. The third-order valence-corrected chi connectivity index (χ3v) is 4.55. The fraction of sp³-hybridized carbons (Fsp3) is 1.00. The van der Waals surface area contributed by atoms with Crippen molar-refractivity contribution >= 4 is 10.1 Å². The maximum Gasteiger partial charge on any atom is 1.00 e. The molecule has 0 aromatic heterocycles. The molecule has 0 aromatic carbocycles. The van der Waals surface area contributed by atoms with E-state index in [4.69, 9.17) is 0 Å². The Labute approximate surface area is 214 Å². The van der Waals surface area contributed by atoms with E-state index in [9.17, 15) is 87.6 Å². The second-order valence-corrected chi connectivity index (χ2v) is 7.44. The van der Waals surface area contributed by atoms with Crippen LogP contribution in [0.5, 0.6) is 0 Å². The topological polar surface area (TPSA) is 57.2 Å². The fourth-order valence-electron chi connectivity index (χ4n) is 1.83. The van der Waals surface area contributed by atoms with Gasteiger partial charge >= 0.3 is 98.4 Å². The summed E-state index contributed by atoms with van der Waals surface area (Å²) in [5, 5.41) is -7.85. The minimum atomic E-state index is -8.63. The summed E-state index contributed by atoms with van der Waals surface area (Å²) in [6, 6.07) is 0. The molecular formula is C11H6F17KO3S. The Hall–Kier alpha value is 0.356. The van der Waals surface area contributed by atoms with E-state index in [0.29, 0.717) is 0 Å². The van der Waals surface area contributed by atoms with Gasteiger partial charge in [0.05, 0.1) is 0 Å². The van der Waals surface area contributed by atoms with Crippen molar-refractivity contribution in [3.05, 3.63) is 0 Å². The van der Waals surface area contributed by atoms with E-state index < -0.39 is 76.3 Å². The van der Waals surface area contributed by atoms with Gasteiger partial charge in [0.1, 0.15) is 0 Å². The molecule has 0 N–H and O–H groups in total. The Morgan fingerprint density at radius 3 is 1.12 bits per heavy atom. The second-order valence-electron chi connectivity index (χ2n) is 6.02. The molecule has 0 aliphatic carbocycles. The first kappa shape index (κ1) is 35.5. The Bertz CT molecular complexity index is 789. The SMILES string of the molecule is O=S(=O)([O-])C(F)(F)C(F)(F)C(F)(F)C(F)(F)C(F)(F)C(F)(F)C(F)(F)CCCC(F)(F)F.[K+]. The van der Waals surface area contributed by atoms with Gasteiger partial charge in [-0.15, -0.1) is 0 Å². The van der Waals surface area contributed by atoms with Crippen LogP contribution in [0, 0.1) is 0 Å². The fourth-order valence-corrected chi connectivity index (χ4v) is 2.27. The van der Waals surface area contributed by atoms with Crippen LogP contribution in [0.3, 0.4) is 0 Å². The largest absolute Gasteiger partial charge is 1.00 e. The molecule has 0 saturated heterocycles. The first-order chi connectivity index (χ1) is 13.5. The van der Waals surface area contributed by atoms with Crippen molar-refractivity contribution in [3.8, 4) is 0 Å². The van der Waals surface area contributed by atoms with Gasteiger partial charge in [-0.05, 0) is 6.42 Å². The van der Waals surface area contributed by atoms with Gasteiger partial charge in [0, 0.05) is 12.8 Å². The smallest absolute Gasteiger partial charge is 0.743 e. The summed E-state index contributed by atoms with van der Waals surface area (Å²) in [7, 11) is -8.07. The maximum absolute atomic E-state index is 13.4. The van der Waals surface area contributed by atoms with Crippen LogP contribution < -0.4 is 51.4 Å². The van der Waals surface area contributed by atoms with Crippen LogP contribution in [0.15, 0.2) is 0 Å². The van der Waals surface area contributed by atoms with Crippen molar-refractivity contribution in [1.29, 1.82) is 0 Å². The summed E-state index contributed by atoms with van der Waals surface area (Å²) < 4.78 is 250. The van der Waals surface area contributed by atoms with Crippen molar-refractivity contribution in [2.45, 2.75) is 66.2 Å². The van der Waals surface area contributed by atoms with E-state index in [0.717, 1.165) is 0 Å². The molecule has 0 aromatic rings. The van der Waals surface area contributed by atoms with Crippen LogP contribution in [0.1, 0.15) is 19.3 Å². The molecule has 0 amide bonds. The summed E-state index contributed by atoms with van der Waals surface area (Å²) in [6.45, 7) is 0. The van der Waals surface area contributed by atoms with E-state index in [1.54, 1.807) is 0 Å². The molecule has 0 unspecified atom stereocenters. The Morgan fingerprint density at radius 2 is 0.818 bits per heavy atom. The molecule has 0 rings (SSSR count). The van der Waals surface area contributed by atoms with Gasteiger partial charge in [0.15, 0.2) is 10.1 Å². The minimum absolute atomic E-state index is 0.